The summed E-state index contributed by atoms with van der Waals surface area (Å²) in [5.74, 6) is 0.662. The molecule has 0 fully saturated rings. The Labute approximate surface area is 155 Å². The lowest BCUT2D eigenvalue weighted by Gasteiger charge is -2.27. The van der Waals surface area contributed by atoms with E-state index in [4.69, 9.17) is 0 Å². The molecule has 0 bridgehead atoms. The van der Waals surface area contributed by atoms with E-state index in [1.54, 1.807) is 11.3 Å². The number of H-pyrrole nitrogens is 1. The van der Waals surface area contributed by atoms with Gasteiger partial charge in [-0.05, 0) is 30.0 Å². The Morgan fingerprint density at radius 3 is 3.00 bits per heavy atom. The van der Waals surface area contributed by atoms with Gasteiger partial charge in [-0.2, -0.15) is 5.26 Å². The summed E-state index contributed by atoms with van der Waals surface area (Å²) in [7, 11) is 1.91. The SMILES string of the molecule is Cc1c(CN2CCc3nc(-c4cccs4)[nH]c(=O)c3C2)cc(C#N)n1C. The van der Waals surface area contributed by atoms with Crippen LogP contribution in [0.4, 0.5) is 0 Å². The fraction of sp³-hybridized carbons (Fsp3) is 0.316. The molecule has 4 heterocycles. The number of thiophene rings is 1. The molecule has 0 amide bonds. The van der Waals surface area contributed by atoms with E-state index in [1.807, 2.05) is 42.1 Å². The lowest BCUT2D eigenvalue weighted by molar-refractivity contribution is 0.241. The van der Waals surface area contributed by atoms with Crippen LogP contribution in [-0.4, -0.2) is 26.0 Å². The molecule has 0 unspecified atom stereocenters. The molecule has 6 nitrogen and oxygen atoms in total. The van der Waals surface area contributed by atoms with Crippen molar-refractivity contribution in [3.63, 3.8) is 0 Å². The number of nitrogens with one attached hydrogen (secondary N) is 1. The van der Waals surface area contributed by atoms with Crippen LogP contribution < -0.4 is 5.56 Å². The average Bonchev–Trinajstić information content (AvgIpc) is 3.26. The number of rotatable bonds is 3. The van der Waals surface area contributed by atoms with Gasteiger partial charge in [-0.3, -0.25) is 9.69 Å². The Morgan fingerprint density at radius 2 is 2.31 bits per heavy atom. The highest BCUT2D eigenvalue weighted by molar-refractivity contribution is 7.13. The van der Waals surface area contributed by atoms with Crippen molar-refractivity contribution in [1.29, 1.82) is 5.26 Å². The van der Waals surface area contributed by atoms with Crippen LogP contribution in [0.15, 0.2) is 28.4 Å². The maximum absolute atomic E-state index is 12.6. The number of hydrogen-bond acceptors (Lipinski definition) is 5. The molecule has 0 aliphatic carbocycles. The van der Waals surface area contributed by atoms with Crippen molar-refractivity contribution in [2.24, 2.45) is 7.05 Å². The maximum atomic E-state index is 12.6. The molecule has 26 heavy (non-hydrogen) atoms. The molecule has 0 spiro atoms. The maximum Gasteiger partial charge on any atom is 0.255 e. The summed E-state index contributed by atoms with van der Waals surface area (Å²) in [6, 6.07) is 8.08. The van der Waals surface area contributed by atoms with Gasteiger partial charge in [0, 0.05) is 38.8 Å². The minimum atomic E-state index is -0.0504. The fourth-order valence-corrected chi connectivity index (χ4v) is 4.09. The molecule has 3 aromatic rings. The van der Waals surface area contributed by atoms with Gasteiger partial charge in [0.1, 0.15) is 11.8 Å². The molecular formula is C19H19N5OS. The van der Waals surface area contributed by atoms with Gasteiger partial charge >= 0.3 is 0 Å². The van der Waals surface area contributed by atoms with E-state index in [0.29, 0.717) is 18.1 Å². The van der Waals surface area contributed by atoms with Gasteiger partial charge in [0.15, 0.2) is 5.82 Å². The van der Waals surface area contributed by atoms with E-state index in [2.05, 4.69) is 20.9 Å². The first-order valence-corrected chi connectivity index (χ1v) is 9.38. The zero-order chi connectivity index (χ0) is 18.3. The standard InChI is InChI=1S/C19H19N5OS/c1-12-13(8-14(9-20)23(12)2)10-24-6-5-16-15(11-24)19(25)22-18(21-16)17-4-3-7-26-17/h3-4,7-8H,5-6,10-11H2,1-2H3,(H,21,22,25). The number of nitrogens with zero attached hydrogens (tertiary/aromatic N) is 4. The molecule has 0 aromatic carbocycles. The highest BCUT2D eigenvalue weighted by Gasteiger charge is 2.23. The zero-order valence-corrected chi connectivity index (χ0v) is 15.6. The van der Waals surface area contributed by atoms with Crippen LogP contribution in [0.2, 0.25) is 0 Å². The van der Waals surface area contributed by atoms with Crippen molar-refractivity contribution >= 4 is 11.3 Å². The Bertz CT molecular complexity index is 1060. The monoisotopic (exact) mass is 365 g/mol. The molecule has 0 radical (unpaired) electrons. The van der Waals surface area contributed by atoms with Gasteiger partial charge in [0.25, 0.3) is 5.56 Å². The van der Waals surface area contributed by atoms with Crippen LogP contribution in [0.3, 0.4) is 0 Å². The van der Waals surface area contributed by atoms with Crippen LogP contribution in [0.5, 0.6) is 0 Å². The van der Waals surface area contributed by atoms with Crippen molar-refractivity contribution in [2.45, 2.75) is 26.4 Å². The molecule has 0 saturated carbocycles. The molecule has 7 heteroatoms. The molecule has 0 atom stereocenters. The fourth-order valence-electron chi connectivity index (χ4n) is 3.42. The Kier molecular flexibility index (Phi) is 4.23. The number of aromatic amines is 1. The average molecular weight is 365 g/mol. The van der Waals surface area contributed by atoms with Gasteiger partial charge in [0.05, 0.1) is 16.1 Å². The second-order valence-electron chi connectivity index (χ2n) is 6.59. The summed E-state index contributed by atoms with van der Waals surface area (Å²) in [6.07, 6.45) is 0.759. The van der Waals surface area contributed by atoms with Gasteiger partial charge in [-0.1, -0.05) is 6.07 Å². The molecule has 0 saturated heterocycles. The third kappa shape index (κ3) is 2.87. The van der Waals surface area contributed by atoms with Crippen molar-refractivity contribution in [3.8, 4) is 16.8 Å². The Morgan fingerprint density at radius 1 is 1.46 bits per heavy atom. The second-order valence-corrected chi connectivity index (χ2v) is 7.54. The first kappa shape index (κ1) is 16.8. The van der Waals surface area contributed by atoms with Gasteiger partial charge in [-0.15, -0.1) is 11.3 Å². The van der Waals surface area contributed by atoms with E-state index in [0.717, 1.165) is 46.9 Å². The van der Waals surface area contributed by atoms with E-state index in [9.17, 15) is 10.1 Å². The summed E-state index contributed by atoms with van der Waals surface area (Å²) in [5.41, 5.74) is 4.49. The molecule has 1 aliphatic rings. The number of aromatic nitrogens is 3. The first-order chi connectivity index (χ1) is 12.6. The molecule has 3 aromatic heterocycles. The quantitative estimate of drug-likeness (QED) is 0.774. The van der Waals surface area contributed by atoms with Crippen molar-refractivity contribution in [3.05, 3.63) is 62.1 Å². The third-order valence-electron chi connectivity index (χ3n) is 5.05. The second kappa shape index (κ2) is 6.56. The van der Waals surface area contributed by atoms with E-state index < -0.39 is 0 Å². The highest BCUT2D eigenvalue weighted by atomic mass is 32.1. The van der Waals surface area contributed by atoms with Crippen LogP contribution in [0.25, 0.3) is 10.7 Å². The van der Waals surface area contributed by atoms with Crippen LogP contribution in [0.1, 0.15) is 28.2 Å². The molecular weight excluding hydrogens is 346 g/mol. The molecule has 1 N–H and O–H groups in total. The van der Waals surface area contributed by atoms with Gasteiger partial charge in [-0.25, -0.2) is 4.98 Å². The summed E-state index contributed by atoms with van der Waals surface area (Å²) >= 11 is 1.57. The summed E-state index contributed by atoms with van der Waals surface area (Å²) in [5, 5.41) is 11.2. The minimum absolute atomic E-state index is 0.0504. The lowest BCUT2D eigenvalue weighted by atomic mass is 10.1. The van der Waals surface area contributed by atoms with E-state index in [1.165, 1.54) is 0 Å². The zero-order valence-electron chi connectivity index (χ0n) is 14.7. The molecule has 132 valence electrons. The van der Waals surface area contributed by atoms with Crippen LogP contribution in [-0.2, 0) is 26.6 Å². The summed E-state index contributed by atoms with van der Waals surface area (Å²) < 4.78 is 1.91. The predicted octanol–water partition coefficient (Wildman–Crippen LogP) is 2.58. The Balaban J connectivity index is 1.59. The van der Waals surface area contributed by atoms with Crippen molar-refractivity contribution in [2.75, 3.05) is 6.54 Å². The number of fused-ring (bicyclic) bond motifs is 1. The van der Waals surface area contributed by atoms with E-state index in [-0.39, 0.29) is 5.56 Å². The lowest BCUT2D eigenvalue weighted by Crippen LogP contribution is -2.35. The summed E-state index contributed by atoms with van der Waals surface area (Å²) in [4.78, 5) is 23.4. The smallest absolute Gasteiger partial charge is 0.255 e. The molecule has 1 aliphatic heterocycles. The van der Waals surface area contributed by atoms with Gasteiger partial charge in [0.2, 0.25) is 0 Å². The molecule has 4 rings (SSSR count). The highest BCUT2D eigenvalue weighted by Crippen LogP contribution is 2.24. The summed E-state index contributed by atoms with van der Waals surface area (Å²) in [6.45, 7) is 4.19. The minimum Gasteiger partial charge on any atom is -0.340 e. The Hall–Kier alpha value is -2.69. The van der Waals surface area contributed by atoms with Crippen molar-refractivity contribution in [1.82, 2.24) is 19.4 Å². The van der Waals surface area contributed by atoms with Crippen LogP contribution >= 0.6 is 11.3 Å². The third-order valence-corrected chi connectivity index (χ3v) is 5.93. The predicted molar refractivity (Wildman–Crippen MR) is 101 cm³/mol. The normalized spacial score (nSPS) is 14.2. The first-order valence-electron chi connectivity index (χ1n) is 8.50. The van der Waals surface area contributed by atoms with Gasteiger partial charge < -0.3 is 9.55 Å². The van der Waals surface area contributed by atoms with Crippen LogP contribution in [0, 0.1) is 18.3 Å². The topological polar surface area (TPSA) is 77.7 Å². The number of nitriles is 1. The number of hydrogen-bond donors (Lipinski definition) is 1. The van der Waals surface area contributed by atoms with E-state index >= 15 is 0 Å². The van der Waals surface area contributed by atoms with Crippen molar-refractivity contribution < 1.29 is 0 Å². The largest absolute Gasteiger partial charge is 0.340 e.